The second kappa shape index (κ2) is 3.86. The first-order chi connectivity index (χ1) is 6.11. The first kappa shape index (κ1) is 9.47. The van der Waals surface area contributed by atoms with Crippen molar-refractivity contribution < 1.29 is 19.8 Å². The third-order valence-electron chi connectivity index (χ3n) is 1.29. The van der Waals surface area contributed by atoms with Gasteiger partial charge in [-0.2, -0.15) is 11.3 Å². The van der Waals surface area contributed by atoms with Gasteiger partial charge < -0.3 is 10.2 Å². The lowest BCUT2D eigenvalue weighted by molar-refractivity contribution is -0.135. The van der Waals surface area contributed by atoms with Crippen molar-refractivity contribution in [2.45, 2.75) is 0 Å². The minimum Gasteiger partial charge on any atom is -0.502 e. The number of allylic oxidation sites excluding steroid dienone is 1. The molecule has 0 amide bonds. The standard InChI is InChI=1S/C8H6O4S/c9-6(3-7(10)8(11)12)5-1-2-13-4-5/h1-4,10H,(H,11,12). The van der Waals surface area contributed by atoms with Gasteiger partial charge in [0.1, 0.15) is 0 Å². The molecular weight excluding hydrogens is 192 g/mol. The molecule has 0 radical (unpaired) electrons. The fourth-order valence-corrected chi connectivity index (χ4v) is 1.32. The Bertz CT molecular complexity index is 350. The van der Waals surface area contributed by atoms with Gasteiger partial charge in [0, 0.05) is 17.0 Å². The summed E-state index contributed by atoms with van der Waals surface area (Å²) in [6.45, 7) is 0. The molecule has 0 saturated heterocycles. The molecule has 0 bridgehead atoms. The molecule has 1 heterocycles. The summed E-state index contributed by atoms with van der Waals surface area (Å²) in [6, 6.07) is 1.55. The highest BCUT2D eigenvalue weighted by molar-refractivity contribution is 7.08. The van der Waals surface area contributed by atoms with Crippen LogP contribution in [0.2, 0.25) is 0 Å². The molecule has 68 valence electrons. The number of hydrogen-bond donors (Lipinski definition) is 2. The highest BCUT2D eigenvalue weighted by Gasteiger charge is 2.08. The number of aliphatic hydroxyl groups is 1. The lowest BCUT2D eigenvalue weighted by Gasteiger charge is -1.90. The molecule has 1 aromatic heterocycles. The van der Waals surface area contributed by atoms with E-state index in [1.54, 1.807) is 16.8 Å². The topological polar surface area (TPSA) is 74.6 Å². The zero-order chi connectivity index (χ0) is 9.84. The smallest absolute Gasteiger partial charge is 0.371 e. The molecule has 13 heavy (non-hydrogen) atoms. The van der Waals surface area contributed by atoms with Crippen LogP contribution in [0.3, 0.4) is 0 Å². The monoisotopic (exact) mass is 198 g/mol. The summed E-state index contributed by atoms with van der Waals surface area (Å²) in [5.74, 6) is -2.97. The van der Waals surface area contributed by atoms with Crippen molar-refractivity contribution in [1.29, 1.82) is 0 Å². The Hall–Kier alpha value is -1.62. The molecule has 0 spiro atoms. The van der Waals surface area contributed by atoms with E-state index < -0.39 is 17.5 Å². The first-order valence-corrected chi connectivity index (χ1v) is 4.26. The van der Waals surface area contributed by atoms with E-state index in [1.807, 2.05) is 0 Å². The predicted molar refractivity (Wildman–Crippen MR) is 47.0 cm³/mol. The van der Waals surface area contributed by atoms with Crippen molar-refractivity contribution in [3.63, 3.8) is 0 Å². The van der Waals surface area contributed by atoms with Crippen molar-refractivity contribution in [2.24, 2.45) is 0 Å². The molecule has 0 aliphatic heterocycles. The van der Waals surface area contributed by atoms with Gasteiger partial charge >= 0.3 is 5.97 Å². The van der Waals surface area contributed by atoms with Gasteiger partial charge in [-0.05, 0) is 11.4 Å². The van der Waals surface area contributed by atoms with Gasteiger partial charge in [0.15, 0.2) is 5.78 Å². The summed E-state index contributed by atoms with van der Waals surface area (Å²) in [6.07, 6.45) is 0.685. The summed E-state index contributed by atoms with van der Waals surface area (Å²) in [5, 5.41) is 20.3. The maximum atomic E-state index is 11.1. The number of carbonyl (C=O) groups excluding carboxylic acids is 1. The average molecular weight is 198 g/mol. The van der Waals surface area contributed by atoms with Crippen LogP contribution in [0.15, 0.2) is 28.7 Å². The largest absolute Gasteiger partial charge is 0.502 e. The molecule has 1 rings (SSSR count). The van der Waals surface area contributed by atoms with Crippen LogP contribution in [-0.4, -0.2) is 22.0 Å². The Morgan fingerprint density at radius 2 is 2.08 bits per heavy atom. The molecule has 0 unspecified atom stereocenters. The molecule has 0 saturated carbocycles. The quantitative estimate of drug-likeness (QED) is 0.438. The zero-order valence-electron chi connectivity index (χ0n) is 6.43. The zero-order valence-corrected chi connectivity index (χ0v) is 7.25. The van der Waals surface area contributed by atoms with Gasteiger partial charge in [0.05, 0.1) is 0 Å². The van der Waals surface area contributed by atoms with E-state index in [-0.39, 0.29) is 0 Å². The van der Waals surface area contributed by atoms with Gasteiger partial charge in [-0.25, -0.2) is 4.79 Å². The summed E-state index contributed by atoms with van der Waals surface area (Å²) >= 11 is 1.32. The van der Waals surface area contributed by atoms with Crippen LogP contribution in [0.4, 0.5) is 0 Å². The molecular formula is C8H6O4S. The molecule has 0 fully saturated rings. The molecule has 0 atom stereocenters. The van der Waals surface area contributed by atoms with Crippen LogP contribution in [0, 0.1) is 0 Å². The number of thiophene rings is 1. The number of hydrogen-bond acceptors (Lipinski definition) is 4. The highest BCUT2D eigenvalue weighted by Crippen LogP contribution is 2.08. The molecule has 0 aliphatic carbocycles. The van der Waals surface area contributed by atoms with E-state index in [0.29, 0.717) is 11.6 Å². The second-order valence-electron chi connectivity index (χ2n) is 2.21. The first-order valence-electron chi connectivity index (χ1n) is 3.31. The van der Waals surface area contributed by atoms with Crippen molar-refractivity contribution in [3.8, 4) is 0 Å². The van der Waals surface area contributed by atoms with Crippen LogP contribution in [0.1, 0.15) is 10.4 Å². The van der Waals surface area contributed by atoms with E-state index in [1.165, 1.54) is 11.3 Å². The fraction of sp³-hybridized carbons (Fsp3) is 0. The van der Waals surface area contributed by atoms with Crippen molar-refractivity contribution in [3.05, 3.63) is 34.2 Å². The van der Waals surface area contributed by atoms with Gasteiger partial charge in [0.2, 0.25) is 5.76 Å². The van der Waals surface area contributed by atoms with Crippen molar-refractivity contribution >= 4 is 23.1 Å². The number of aliphatic carboxylic acids is 1. The van der Waals surface area contributed by atoms with E-state index >= 15 is 0 Å². The summed E-state index contributed by atoms with van der Waals surface area (Å²) in [7, 11) is 0. The van der Waals surface area contributed by atoms with Gasteiger partial charge in [-0.1, -0.05) is 0 Å². The maximum absolute atomic E-state index is 11.1. The number of carbonyl (C=O) groups is 2. The normalized spacial score (nSPS) is 11.2. The lowest BCUT2D eigenvalue weighted by Crippen LogP contribution is -2.03. The van der Waals surface area contributed by atoms with Crippen LogP contribution in [-0.2, 0) is 4.79 Å². The number of rotatable bonds is 3. The van der Waals surface area contributed by atoms with Gasteiger partial charge in [-0.3, -0.25) is 4.79 Å². The summed E-state index contributed by atoms with van der Waals surface area (Å²) in [5.41, 5.74) is 0.373. The van der Waals surface area contributed by atoms with Crippen LogP contribution in [0.5, 0.6) is 0 Å². The lowest BCUT2D eigenvalue weighted by atomic mass is 10.2. The Balaban J connectivity index is 2.82. The SMILES string of the molecule is O=C(O)C(O)=CC(=O)c1ccsc1. The van der Waals surface area contributed by atoms with Crippen LogP contribution >= 0.6 is 11.3 Å². The Morgan fingerprint density at radius 1 is 1.38 bits per heavy atom. The Kier molecular flexibility index (Phi) is 2.81. The molecule has 4 nitrogen and oxygen atoms in total. The van der Waals surface area contributed by atoms with Crippen LogP contribution in [0.25, 0.3) is 0 Å². The van der Waals surface area contributed by atoms with E-state index in [0.717, 1.165) is 0 Å². The summed E-state index contributed by atoms with van der Waals surface area (Å²) < 4.78 is 0. The molecule has 1 aromatic rings. The van der Waals surface area contributed by atoms with E-state index in [2.05, 4.69) is 0 Å². The number of carboxylic acids is 1. The molecule has 0 aliphatic rings. The fourth-order valence-electron chi connectivity index (χ4n) is 0.674. The minimum absolute atomic E-state index is 0.373. The van der Waals surface area contributed by atoms with Gasteiger partial charge in [0.25, 0.3) is 0 Å². The number of ketones is 1. The Morgan fingerprint density at radius 3 is 2.54 bits per heavy atom. The number of aliphatic hydroxyl groups excluding tert-OH is 1. The second-order valence-corrected chi connectivity index (χ2v) is 2.99. The third-order valence-corrected chi connectivity index (χ3v) is 1.98. The van der Waals surface area contributed by atoms with Crippen molar-refractivity contribution in [2.75, 3.05) is 0 Å². The predicted octanol–water partition coefficient (Wildman–Crippen LogP) is 1.46. The maximum Gasteiger partial charge on any atom is 0.371 e. The Labute approximate surface area is 77.8 Å². The highest BCUT2D eigenvalue weighted by atomic mass is 32.1. The van der Waals surface area contributed by atoms with Crippen LogP contribution < -0.4 is 0 Å². The average Bonchev–Trinajstić information content (AvgIpc) is 2.55. The number of carboxylic acid groups (broad SMARTS) is 1. The molecule has 0 aromatic carbocycles. The van der Waals surface area contributed by atoms with E-state index in [4.69, 9.17) is 10.2 Å². The van der Waals surface area contributed by atoms with E-state index in [9.17, 15) is 9.59 Å². The van der Waals surface area contributed by atoms with Crippen molar-refractivity contribution in [1.82, 2.24) is 0 Å². The van der Waals surface area contributed by atoms with Gasteiger partial charge in [-0.15, -0.1) is 0 Å². The molecule has 5 heteroatoms. The minimum atomic E-state index is -1.51. The third kappa shape index (κ3) is 2.41. The summed E-state index contributed by atoms with van der Waals surface area (Å²) in [4.78, 5) is 21.3. The molecule has 2 N–H and O–H groups in total.